The molecule has 0 spiro atoms. The third kappa shape index (κ3) is 2.33. The van der Waals surface area contributed by atoms with Crippen molar-refractivity contribution < 1.29 is 0 Å². The van der Waals surface area contributed by atoms with Crippen molar-refractivity contribution in [2.24, 2.45) is 5.92 Å². The minimum atomic E-state index is 0.896. The third-order valence-electron chi connectivity index (χ3n) is 4.49. The van der Waals surface area contributed by atoms with E-state index in [1.807, 2.05) is 0 Å². The predicted molar refractivity (Wildman–Crippen MR) is 78.5 cm³/mol. The summed E-state index contributed by atoms with van der Waals surface area (Å²) in [5.74, 6) is 0.896. The van der Waals surface area contributed by atoms with Gasteiger partial charge in [-0.25, -0.2) is 0 Å². The highest BCUT2D eigenvalue weighted by Crippen LogP contribution is 2.30. The molecule has 1 unspecified atom stereocenters. The number of fused-ring (bicyclic) bond motifs is 1. The molecule has 98 valence electrons. The zero-order valence-corrected chi connectivity index (χ0v) is 11.4. The van der Waals surface area contributed by atoms with E-state index in [0.717, 1.165) is 12.5 Å². The van der Waals surface area contributed by atoms with Gasteiger partial charge in [0.1, 0.15) is 0 Å². The maximum atomic E-state index is 3.49. The number of hydrogen-bond donors (Lipinski definition) is 1. The molecule has 18 heavy (non-hydrogen) atoms. The number of aryl methyl sites for hydroxylation is 1. The lowest BCUT2D eigenvalue weighted by molar-refractivity contribution is 0.404. The van der Waals surface area contributed by atoms with Crippen molar-refractivity contribution in [3.63, 3.8) is 0 Å². The molecule has 2 heteroatoms. The quantitative estimate of drug-likeness (QED) is 0.854. The highest BCUT2D eigenvalue weighted by atomic mass is 15.1. The standard InChI is InChI=1S/C16H24N2/c1-2-13-5-4-10-18(12-13)15-7-8-16-14(11-15)6-3-9-17-16/h7-8,11,13,17H,2-6,9-10,12H2,1H3. The lowest BCUT2D eigenvalue weighted by Crippen LogP contribution is -2.35. The molecule has 2 aliphatic heterocycles. The zero-order valence-electron chi connectivity index (χ0n) is 11.4. The average Bonchev–Trinajstić information content (AvgIpc) is 2.47. The van der Waals surface area contributed by atoms with Gasteiger partial charge in [0.05, 0.1) is 0 Å². The van der Waals surface area contributed by atoms with Gasteiger partial charge in [-0.1, -0.05) is 13.3 Å². The van der Waals surface area contributed by atoms with E-state index in [0.29, 0.717) is 0 Å². The molecule has 2 nitrogen and oxygen atoms in total. The Hall–Kier alpha value is -1.18. The summed E-state index contributed by atoms with van der Waals surface area (Å²) in [5, 5.41) is 3.49. The van der Waals surface area contributed by atoms with Gasteiger partial charge in [-0.15, -0.1) is 0 Å². The van der Waals surface area contributed by atoms with E-state index in [-0.39, 0.29) is 0 Å². The van der Waals surface area contributed by atoms with Crippen LogP contribution in [0.25, 0.3) is 0 Å². The number of rotatable bonds is 2. The molecule has 0 bridgehead atoms. The molecular weight excluding hydrogens is 220 g/mol. The summed E-state index contributed by atoms with van der Waals surface area (Å²) in [5.41, 5.74) is 4.31. The molecule has 1 aromatic rings. The van der Waals surface area contributed by atoms with E-state index in [1.165, 1.54) is 62.1 Å². The Morgan fingerprint density at radius 2 is 2.28 bits per heavy atom. The first kappa shape index (κ1) is 11.9. The van der Waals surface area contributed by atoms with Gasteiger partial charge in [-0.3, -0.25) is 0 Å². The summed E-state index contributed by atoms with van der Waals surface area (Å²) in [6.45, 7) is 5.95. The average molecular weight is 244 g/mol. The summed E-state index contributed by atoms with van der Waals surface area (Å²) >= 11 is 0. The van der Waals surface area contributed by atoms with Crippen LogP contribution in [0.4, 0.5) is 11.4 Å². The van der Waals surface area contributed by atoms with Crippen LogP contribution in [0.15, 0.2) is 18.2 Å². The van der Waals surface area contributed by atoms with Gasteiger partial charge in [-0.2, -0.15) is 0 Å². The van der Waals surface area contributed by atoms with Crippen molar-refractivity contribution in [3.8, 4) is 0 Å². The first-order chi connectivity index (χ1) is 8.86. The van der Waals surface area contributed by atoms with Crippen LogP contribution in [-0.2, 0) is 6.42 Å². The second-order valence-electron chi connectivity index (χ2n) is 5.73. The van der Waals surface area contributed by atoms with Crippen molar-refractivity contribution in [2.75, 3.05) is 29.9 Å². The first-order valence-electron chi connectivity index (χ1n) is 7.48. The Labute approximate surface area is 110 Å². The molecule has 2 aliphatic rings. The highest BCUT2D eigenvalue weighted by Gasteiger charge is 2.19. The van der Waals surface area contributed by atoms with Crippen LogP contribution in [0.2, 0.25) is 0 Å². The van der Waals surface area contributed by atoms with E-state index in [1.54, 1.807) is 0 Å². The number of piperidine rings is 1. The van der Waals surface area contributed by atoms with E-state index in [2.05, 4.69) is 35.3 Å². The Balaban J connectivity index is 1.79. The zero-order chi connectivity index (χ0) is 12.4. The van der Waals surface area contributed by atoms with Crippen LogP contribution >= 0.6 is 0 Å². The van der Waals surface area contributed by atoms with Crippen LogP contribution in [-0.4, -0.2) is 19.6 Å². The van der Waals surface area contributed by atoms with Crippen molar-refractivity contribution in [1.82, 2.24) is 0 Å². The maximum absolute atomic E-state index is 3.49. The minimum Gasteiger partial charge on any atom is -0.385 e. The fourth-order valence-corrected chi connectivity index (χ4v) is 3.29. The Bertz CT molecular complexity index is 414. The molecule has 1 N–H and O–H groups in total. The number of benzene rings is 1. The second kappa shape index (κ2) is 5.21. The molecular formula is C16H24N2. The van der Waals surface area contributed by atoms with Gasteiger partial charge in [-0.05, 0) is 55.4 Å². The summed E-state index contributed by atoms with van der Waals surface area (Å²) in [6, 6.07) is 6.99. The molecule has 0 aliphatic carbocycles. The lowest BCUT2D eigenvalue weighted by atomic mass is 9.94. The van der Waals surface area contributed by atoms with Gasteiger partial charge < -0.3 is 10.2 Å². The monoisotopic (exact) mass is 244 g/mol. The summed E-state index contributed by atoms with van der Waals surface area (Å²) in [7, 11) is 0. The van der Waals surface area contributed by atoms with Crippen molar-refractivity contribution in [1.29, 1.82) is 0 Å². The van der Waals surface area contributed by atoms with E-state index in [4.69, 9.17) is 0 Å². The van der Waals surface area contributed by atoms with Crippen molar-refractivity contribution >= 4 is 11.4 Å². The number of hydrogen-bond acceptors (Lipinski definition) is 2. The van der Waals surface area contributed by atoms with Crippen molar-refractivity contribution in [3.05, 3.63) is 23.8 Å². The molecule has 1 atom stereocenters. The maximum Gasteiger partial charge on any atom is 0.0374 e. The smallest absolute Gasteiger partial charge is 0.0374 e. The Kier molecular flexibility index (Phi) is 3.44. The Morgan fingerprint density at radius 3 is 3.17 bits per heavy atom. The molecule has 1 saturated heterocycles. The molecule has 0 radical (unpaired) electrons. The SMILES string of the molecule is CCC1CCCN(c2ccc3c(c2)CCCN3)C1. The van der Waals surface area contributed by atoms with Gasteiger partial charge in [0.15, 0.2) is 0 Å². The normalized spacial score (nSPS) is 23.4. The molecule has 0 amide bonds. The van der Waals surface area contributed by atoms with Gasteiger partial charge >= 0.3 is 0 Å². The Morgan fingerprint density at radius 1 is 1.33 bits per heavy atom. The van der Waals surface area contributed by atoms with E-state index >= 15 is 0 Å². The van der Waals surface area contributed by atoms with Crippen LogP contribution in [0.3, 0.4) is 0 Å². The predicted octanol–water partition coefficient (Wildman–Crippen LogP) is 3.67. The summed E-state index contributed by atoms with van der Waals surface area (Å²) in [6.07, 6.45) is 6.60. The largest absolute Gasteiger partial charge is 0.385 e. The van der Waals surface area contributed by atoms with Crippen molar-refractivity contribution in [2.45, 2.75) is 39.0 Å². The number of nitrogens with one attached hydrogen (secondary N) is 1. The van der Waals surface area contributed by atoms with Gasteiger partial charge in [0, 0.05) is 31.0 Å². The molecule has 3 rings (SSSR count). The second-order valence-corrected chi connectivity index (χ2v) is 5.73. The fraction of sp³-hybridized carbons (Fsp3) is 0.625. The topological polar surface area (TPSA) is 15.3 Å². The first-order valence-corrected chi connectivity index (χ1v) is 7.48. The van der Waals surface area contributed by atoms with Crippen LogP contribution in [0.1, 0.15) is 38.2 Å². The summed E-state index contributed by atoms with van der Waals surface area (Å²) in [4.78, 5) is 2.59. The third-order valence-corrected chi connectivity index (χ3v) is 4.49. The van der Waals surface area contributed by atoms with Gasteiger partial charge in [0.25, 0.3) is 0 Å². The highest BCUT2D eigenvalue weighted by molar-refractivity contribution is 5.61. The molecule has 1 fully saturated rings. The summed E-state index contributed by atoms with van der Waals surface area (Å²) < 4.78 is 0. The number of nitrogens with zero attached hydrogens (tertiary/aromatic N) is 1. The van der Waals surface area contributed by atoms with Crippen LogP contribution in [0.5, 0.6) is 0 Å². The van der Waals surface area contributed by atoms with Crippen LogP contribution < -0.4 is 10.2 Å². The fourth-order valence-electron chi connectivity index (χ4n) is 3.29. The molecule has 2 heterocycles. The molecule has 1 aromatic carbocycles. The molecule has 0 saturated carbocycles. The molecule has 0 aromatic heterocycles. The van der Waals surface area contributed by atoms with E-state index in [9.17, 15) is 0 Å². The lowest BCUT2D eigenvalue weighted by Gasteiger charge is -2.34. The van der Waals surface area contributed by atoms with E-state index < -0.39 is 0 Å². The number of anilines is 2. The van der Waals surface area contributed by atoms with Gasteiger partial charge in [0.2, 0.25) is 0 Å². The van der Waals surface area contributed by atoms with Crippen LogP contribution in [0, 0.1) is 5.92 Å². The minimum absolute atomic E-state index is 0.896.